The molecule has 0 unspecified atom stereocenters. The molecular formula is C17H18F2N2O. The molecule has 0 radical (unpaired) electrons. The second-order valence-electron chi connectivity index (χ2n) is 6.03. The summed E-state index contributed by atoms with van der Waals surface area (Å²) >= 11 is 0. The number of amides is 1. The summed E-state index contributed by atoms with van der Waals surface area (Å²) in [5.41, 5.74) is 6.39. The van der Waals surface area contributed by atoms with Crippen molar-refractivity contribution in [1.29, 1.82) is 0 Å². The summed E-state index contributed by atoms with van der Waals surface area (Å²) in [5.74, 6) is -1.85. The first-order chi connectivity index (χ1) is 10.3. The average molecular weight is 304 g/mol. The summed E-state index contributed by atoms with van der Waals surface area (Å²) in [5, 5.41) is 0. The van der Waals surface area contributed by atoms with Crippen LogP contribution in [0, 0.1) is 11.6 Å². The lowest BCUT2D eigenvalue weighted by atomic mass is 9.87. The van der Waals surface area contributed by atoms with Crippen molar-refractivity contribution in [3.05, 3.63) is 65.2 Å². The number of carbonyl (C=O) groups excluding carboxylic acids is 1. The van der Waals surface area contributed by atoms with Crippen molar-refractivity contribution in [3.63, 3.8) is 0 Å². The molecule has 0 saturated carbocycles. The zero-order chi connectivity index (χ0) is 16.3. The minimum atomic E-state index is -0.775. The van der Waals surface area contributed by atoms with Gasteiger partial charge < -0.3 is 0 Å². The number of carbonyl (C=O) groups is 1. The number of hydrogen-bond donors (Lipinski definition) is 2. The fraction of sp³-hybridized carbons (Fsp3) is 0.235. The van der Waals surface area contributed by atoms with Crippen LogP contribution in [0.4, 0.5) is 14.5 Å². The van der Waals surface area contributed by atoms with Crippen molar-refractivity contribution in [3.8, 4) is 0 Å². The van der Waals surface area contributed by atoms with Gasteiger partial charge in [0, 0.05) is 11.6 Å². The van der Waals surface area contributed by atoms with Gasteiger partial charge in [-0.2, -0.15) is 0 Å². The normalized spacial score (nSPS) is 11.1. The van der Waals surface area contributed by atoms with Crippen molar-refractivity contribution in [2.45, 2.75) is 26.2 Å². The monoisotopic (exact) mass is 304 g/mol. The second kappa shape index (κ2) is 6.13. The quantitative estimate of drug-likeness (QED) is 0.841. The molecule has 2 rings (SSSR count). The number of halogens is 2. The molecule has 0 aromatic heterocycles. The van der Waals surface area contributed by atoms with Gasteiger partial charge in [-0.3, -0.25) is 15.6 Å². The van der Waals surface area contributed by atoms with Crippen molar-refractivity contribution >= 4 is 11.6 Å². The number of benzene rings is 2. The highest BCUT2D eigenvalue weighted by atomic mass is 19.1. The molecule has 0 fully saturated rings. The molecule has 22 heavy (non-hydrogen) atoms. The molecule has 0 saturated heterocycles. The molecule has 2 aromatic rings. The van der Waals surface area contributed by atoms with Crippen LogP contribution in [0.3, 0.4) is 0 Å². The number of anilines is 1. The fourth-order valence-electron chi connectivity index (χ4n) is 1.91. The van der Waals surface area contributed by atoms with E-state index in [1.807, 2.05) is 12.1 Å². The summed E-state index contributed by atoms with van der Waals surface area (Å²) in [6.45, 7) is 6.25. The van der Waals surface area contributed by atoms with Gasteiger partial charge >= 0.3 is 0 Å². The van der Waals surface area contributed by atoms with E-state index in [0.29, 0.717) is 5.56 Å². The summed E-state index contributed by atoms with van der Waals surface area (Å²) in [6.07, 6.45) is 0. The van der Waals surface area contributed by atoms with E-state index in [9.17, 15) is 13.6 Å². The zero-order valence-corrected chi connectivity index (χ0v) is 12.7. The summed E-state index contributed by atoms with van der Waals surface area (Å²) < 4.78 is 26.2. The van der Waals surface area contributed by atoms with Gasteiger partial charge in [0.1, 0.15) is 5.82 Å². The van der Waals surface area contributed by atoms with Crippen LogP contribution in [-0.4, -0.2) is 5.91 Å². The molecule has 1 amide bonds. The molecule has 2 N–H and O–H groups in total. The lowest BCUT2D eigenvalue weighted by Crippen LogP contribution is -2.29. The Labute approximate surface area is 128 Å². The molecule has 0 heterocycles. The Bertz CT molecular complexity index is 676. The van der Waals surface area contributed by atoms with E-state index in [2.05, 4.69) is 31.6 Å². The highest BCUT2D eigenvalue weighted by Gasteiger charge is 2.14. The van der Waals surface area contributed by atoms with Gasteiger partial charge in [0.05, 0.1) is 5.69 Å². The van der Waals surface area contributed by atoms with Crippen LogP contribution >= 0.6 is 0 Å². The minimum absolute atomic E-state index is 0.000983. The van der Waals surface area contributed by atoms with Gasteiger partial charge in [-0.1, -0.05) is 32.9 Å². The lowest BCUT2D eigenvalue weighted by Gasteiger charge is -2.19. The van der Waals surface area contributed by atoms with E-state index >= 15 is 0 Å². The highest BCUT2D eigenvalue weighted by molar-refractivity contribution is 5.94. The Morgan fingerprint density at radius 3 is 2.18 bits per heavy atom. The SMILES string of the molecule is CC(C)(C)c1ccc(C(=O)NNc2ccc(F)cc2F)cc1. The van der Waals surface area contributed by atoms with Crippen molar-refractivity contribution in [2.24, 2.45) is 0 Å². The molecule has 0 aliphatic carbocycles. The molecule has 2 aromatic carbocycles. The third-order valence-electron chi connectivity index (χ3n) is 3.25. The molecule has 0 aliphatic heterocycles. The summed E-state index contributed by atoms with van der Waals surface area (Å²) in [7, 11) is 0. The first-order valence-corrected chi connectivity index (χ1v) is 6.89. The maximum atomic E-state index is 13.4. The van der Waals surface area contributed by atoms with Gasteiger partial charge in [0.2, 0.25) is 0 Å². The van der Waals surface area contributed by atoms with Crippen LogP contribution in [0.15, 0.2) is 42.5 Å². The maximum absolute atomic E-state index is 13.4. The van der Waals surface area contributed by atoms with Gasteiger partial charge in [-0.15, -0.1) is 0 Å². The molecule has 0 spiro atoms. The highest BCUT2D eigenvalue weighted by Crippen LogP contribution is 2.22. The van der Waals surface area contributed by atoms with E-state index < -0.39 is 17.5 Å². The van der Waals surface area contributed by atoms with Crippen molar-refractivity contribution < 1.29 is 13.6 Å². The van der Waals surface area contributed by atoms with Gasteiger partial charge in [-0.25, -0.2) is 8.78 Å². The molecule has 3 nitrogen and oxygen atoms in total. The third-order valence-corrected chi connectivity index (χ3v) is 3.25. The van der Waals surface area contributed by atoms with Crippen LogP contribution in [0.5, 0.6) is 0 Å². The van der Waals surface area contributed by atoms with E-state index in [4.69, 9.17) is 0 Å². The maximum Gasteiger partial charge on any atom is 0.269 e. The summed E-state index contributed by atoms with van der Waals surface area (Å²) in [6, 6.07) is 10.2. The Morgan fingerprint density at radius 1 is 1.00 bits per heavy atom. The molecule has 0 atom stereocenters. The Balaban J connectivity index is 2.03. The van der Waals surface area contributed by atoms with E-state index in [0.717, 1.165) is 17.7 Å². The Kier molecular flexibility index (Phi) is 4.45. The average Bonchev–Trinajstić information content (AvgIpc) is 2.45. The predicted molar refractivity (Wildman–Crippen MR) is 82.6 cm³/mol. The number of hydrogen-bond acceptors (Lipinski definition) is 2. The number of nitrogens with one attached hydrogen (secondary N) is 2. The standard InChI is InChI=1S/C17H18F2N2O/c1-17(2,3)12-6-4-11(5-7-12)16(22)21-20-15-9-8-13(18)10-14(15)19/h4-10,20H,1-3H3,(H,21,22). The van der Waals surface area contributed by atoms with Crippen LogP contribution in [-0.2, 0) is 5.41 Å². The molecule has 116 valence electrons. The number of rotatable bonds is 3. The topological polar surface area (TPSA) is 41.1 Å². The molecule has 0 bridgehead atoms. The molecule has 0 aliphatic rings. The van der Waals surface area contributed by atoms with Gasteiger partial charge in [-0.05, 0) is 35.2 Å². The smallest absolute Gasteiger partial charge is 0.269 e. The second-order valence-corrected chi connectivity index (χ2v) is 6.03. The van der Waals surface area contributed by atoms with Crippen LogP contribution in [0.1, 0.15) is 36.7 Å². The largest absolute Gasteiger partial charge is 0.295 e. The van der Waals surface area contributed by atoms with Crippen molar-refractivity contribution in [2.75, 3.05) is 5.43 Å². The van der Waals surface area contributed by atoms with Crippen LogP contribution in [0.2, 0.25) is 0 Å². The molecular weight excluding hydrogens is 286 g/mol. The summed E-state index contributed by atoms with van der Waals surface area (Å²) in [4.78, 5) is 12.0. The van der Waals surface area contributed by atoms with E-state index in [1.165, 1.54) is 6.07 Å². The van der Waals surface area contributed by atoms with Gasteiger partial charge in [0.25, 0.3) is 5.91 Å². The van der Waals surface area contributed by atoms with Crippen molar-refractivity contribution in [1.82, 2.24) is 5.43 Å². The lowest BCUT2D eigenvalue weighted by molar-refractivity contribution is 0.0962. The van der Waals surface area contributed by atoms with Crippen LogP contribution < -0.4 is 10.9 Å². The van der Waals surface area contributed by atoms with E-state index in [-0.39, 0.29) is 11.1 Å². The first-order valence-electron chi connectivity index (χ1n) is 6.89. The first kappa shape index (κ1) is 15.9. The Hall–Kier alpha value is -2.43. The zero-order valence-electron chi connectivity index (χ0n) is 12.7. The number of hydrazine groups is 1. The van der Waals surface area contributed by atoms with Gasteiger partial charge in [0.15, 0.2) is 5.82 Å². The van der Waals surface area contributed by atoms with E-state index in [1.54, 1.807) is 12.1 Å². The molecule has 5 heteroatoms. The van der Waals surface area contributed by atoms with Crippen LogP contribution in [0.25, 0.3) is 0 Å². The minimum Gasteiger partial charge on any atom is -0.295 e. The third kappa shape index (κ3) is 3.81. The fourth-order valence-corrected chi connectivity index (χ4v) is 1.91. The Morgan fingerprint density at radius 2 is 1.64 bits per heavy atom. The predicted octanol–water partition coefficient (Wildman–Crippen LogP) is 4.02.